The van der Waals surface area contributed by atoms with Gasteiger partial charge in [-0.3, -0.25) is 18.9 Å². The summed E-state index contributed by atoms with van der Waals surface area (Å²) in [6.45, 7) is 3.79. The molecule has 0 saturated carbocycles. The smallest absolute Gasteiger partial charge is 0.280 e. The van der Waals surface area contributed by atoms with Crippen LogP contribution in [0.5, 0.6) is 0 Å². The fourth-order valence-electron chi connectivity index (χ4n) is 4.09. The number of fused-ring (bicyclic) bond motifs is 2. The molecule has 40 heavy (non-hydrogen) atoms. The average molecular weight is 601 g/mol. The summed E-state index contributed by atoms with van der Waals surface area (Å²) in [5, 5.41) is 42.1. The molecule has 0 radical (unpaired) electrons. The molecule has 4 atom stereocenters. The van der Waals surface area contributed by atoms with Crippen molar-refractivity contribution in [1.82, 2.24) is 29.1 Å². The van der Waals surface area contributed by atoms with Gasteiger partial charge in [0.1, 0.15) is 25.0 Å². The minimum atomic E-state index is -1.22. The molecule has 0 spiro atoms. The van der Waals surface area contributed by atoms with E-state index in [4.69, 9.17) is 43.5 Å². The molecule has 3 aromatic heterocycles. The van der Waals surface area contributed by atoms with E-state index in [2.05, 4.69) is 25.3 Å². The van der Waals surface area contributed by atoms with Crippen LogP contribution in [0.4, 0.5) is 11.9 Å². The van der Waals surface area contributed by atoms with Gasteiger partial charge in [-0.1, -0.05) is 23.2 Å². The van der Waals surface area contributed by atoms with E-state index in [9.17, 15) is 20.1 Å². The highest BCUT2D eigenvalue weighted by Gasteiger charge is 2.44. The monoisotopic (exact) mass is 600 g/mol. The van der Waals surface area contributed by atoms with Crippen LogP contribution < -0.4 is 16.6 Å². The fraction of sp³-hybridized carbons (Fsp3) is 0.478. The third-order valence-electron chi connectivity index (χ3n) is 5.88. The topological polar surface area (TPSA) is 219 Å². The van der Waals surface area contributed by atoms with Crippen LogP contribution in [-0.2, 0) is 16.2 Å². The Morgan fingerprint density at radius 3 is 2.58 bits per heavy atom. The first kappa shape index (κ1) is 30.0. The fourth-order valence-corrected chi connectivity index (χ4v) is 4.41. The molecule has 1 fully saturated rings. The minimum absolute atomic E-state index is 0.0291. The first-order valence-electron chi connectivity index (χ1n) is 12.2. The molecule has 8 N–H and O–H groups in total. The summed E-state index contributed by atoms with van der Waals surface area (Å²) >= 11 is 12.2. The van der Waals surface area contributed by atoms with Gasteiger partial charge in [0.25, 0.3) is 5.56 Å². The number of hydrogen-bond acceptors (Lipinski definition) is 12. The highest BCUT2D eigenvalue weighted by Crippen LogP contribution is 2.37. The van der Waals surface area contributed by atoms with E-state index < -0.39 is 31.1 Å². The van der Waals surface area contributed by atoms with E-state index in [1.165, 1.54) is 10.9 Å². The molecular weight excluding hydrogens is 571 g/mol. The Labute approximate surface area is 237 Å². The molecule has 4 heterocycles. The van der Waals surface area contributed by atoms with Crippen LogP contribution in [0.3, 0.4) is 0 Å². The van der Waals surface area contributed by atoms with Crippen molar-refractivity contribution in [1.29, 1.82) is 0 Å². The number of rotatable bonds is 8. The van der Waals surface area contributed by atoms with Gasteiger partial charge in [0.2, 0.25) is 11.9 Å². The van der Waals surface area contributed by atoms with E-state index in [0.717, 1.165) is 0 Å². The predicted molar refractivity (Wildman–Crippen MR) is 147 cm³/mol. The molecule has 1 saturated heterocycles. The largest absolute Gasteiger partial charge is 0.394 e. The number of benzene rings is 1. The number of hydrogen-bond donors (Lipinski definition) is 7. The maximum absolute atomic E-state index is 11.4. The Kier molecular flexibility index (Phi) is 9.48. The zero-order chi connectivity index (χ0) is 29.1. The first-order valence-corrected chi connectivity index (χ1v) is 13.0. The van der Waals surface area contributed by atoms with E-state index in [-0.39, 0.29) is 43.0 Å². The van der Waals surface area contributed by atoms with Crippen molar-refractivity contribution >= 4 is 57.3 Å². The number of imidazole rings is 2. The molecule has 0 aliphatic carbocycles. The molecule has 0 amide bonds. The molecule has 5 rings (SSSR count). The van der Waals surface area contributed by atoms with E-state index >= 15 is 0 Å². The van der Waals surface area contributed by atoms with Gasteiger partial charge in [0.05, 0.1) is 47.2 Å². The predicted octanol–water partition coefficient (Wildman–Crippen LogP) is 0.443. The Bertz CT molecular complexity index is 1520. The molecule has 1 aliphatic heterocycles. The molecule has 4 aromatic rings. The zero-order valence-corrected chi connectivity index (χ0v) is 23.0. The van der Waals surface area contributed by atoms with Crippen molar-refractivity contribution < 1.29 is 29.9 Å². The molecule has 1 aromatic carbocycles. The molecular formula is C23H30Cl2N8O7. The number of aliphatic hydroxyl groups is 4. The van der Waals surface area contributed by atoms with Gasteiger partial charge in [-0.15, -0.1) is 0 Å². The van der Waals surface area contributed by atoms with Gasteiger partial charge in [-0.05, 0) is 26.0 Å². The van der Waals surface area contributed by atoms with Gasteiger partial charge in [0, 0.05) is 6.04 Å². The number of nitrogens with two attached hydrogens (primary N) is 1. The lowest BCUT2D eigenvalue weighted by Gasteiger charge is -2.21. The summed E-state index contributed by atoms with van der Waals surface area (Å²) in [7, 11) is 0. The van der Waals surface area contributed by atoms with E-state index in [0.29, 0.717) is 32.7 Å². The summed E-state index contributed by atoms with van der Waals surface area (Å²) in [5.74, 6) is 0.481. The zero-order valence-electron chi connectivity index (χ0n) is 21.5. The molecule has 0 unspecified atom stereocenters. The summed E-state index contributed by atoms with van der Waals surface area (Å²) in [5.41, 5.74) is 6.78. The molecule has 0 bridgehead atoms. The standard InChI is InChI=1S/C15H19Cl2N3O4.C8H11N5O3/c1-6(2)18-15-19-9-3-7(16)8(17)4-10(9)20(15)14-13(23)12(22)11(5-21)24-14;9-8-11-6-5(7(15)12-8)10-3-13(6)4-16-2-1-14/h3-4,6,11-14,21-23H,5H2,1-2H3,(H,18,19);3,14H,1-2,4H2,(H3,9,11,12,15)/t11-,12-,13-,14-;/m0./s1. The minimum Gasteiger partial charge on any atom is -0.394 e. The Hall–Kier alpha value is -3.02. The molecule has 1 aliphatic rings. The van der Waals surface area contributed by atoms with Gasteiger partial charge >= 0.3 is 0 Å². The van der Waals surface area contributed by atoms with E-state index in [1.54, 1.807) is 16.7 Å². The summed E-state index contributed by atoms with van der Waals surface area (Å²) in [4.78, 5) is 26.1. The number of nitrogens with one attached hydrogen (secondary N) is 2. The van der Waals surface area contributed by atoms with Gasteiger partial charge in [0.15, 0.2) is 17.4 Å². The summed E-state index contributed by atoms with van der Waals surface area (Å²) < 4.78 is 13.9. The second-order valence-corrected chi connectivity index (χ2v) is 10.0. The second-order valence-electron chi connectivity index (χ2n) is 9.19. The number of aromatic nitrogens is 6. The number of nitrogens with zero attached hydrogens (tertiary/aromatic N) is 5. The quantitative estimate of drug-likeness (QED) is 0.137. The lowest BCUT2D eigenvalue weighted by atomic mass is 10.1. The number of aliphatic hydroxyl groups excluding tert-OH is 4. The lowest BCUT2D eigenvalue weighted by Crippen LogP contribution is -2.33. The van der Waals surface area contributed by atoms with Crippen molar-refractivity contribution in [3.63, 3.8) is 0 Å². The highest BCUT2D eigenvalue weighted by molar-refractivity contribution is 6.42. The van der Waals surface area contributed by atoms with Crippen LogP contribution >= 0.6 is 23.2 Å². The van der Waals surface area contributed by atoms with Crippen molar-refractivity contribution in [2.75, 3.05) is 30.9 Å². The number of H-pyrrole nitrogens is 1. The summed E-state index contributed by atoms with van der Waals surface area (Å²) in [6.07, 6.45) is -2.78. The van der Waals surface area contributed by atoms with Crippen LogP contribution in [0.25, 0.3) is 22.2 Å². The number of nitrogen functional groups attached to an aromatic ring is 1. The SMILES string of the molecule is CC(C)Nc1nc2cc(Cl)c(Cl)cc2n1[C@H]1O[C@@H](CO)[C@H](O)[C@@H]1O.Nc1nc2c(ncn2COCCO)c(=O)[nH]1. The Morgan fingerprint density at radius 2 is 1.93 bits per heavy atom. The highest BCUT2D eigenvalue weighted by atomic mass is 35.5. The normalized spacial score (nSPS) is 20.8. The van der Waals surface area contributed by atoms with Crippen LogP contribution in [0.2, 0.25) is 10.0 Å². The number of anilines is 2. The van der Waals surface area contributed by atoms with Gasteiger partial charge < -0.3 is 41.0 Å². The van der Waals surface area contributed by atoms with Gasteiger partial charge in [-0.25, -0.2) is 9.97 Å². The van der Waals surface area contributed by atoms with Crippen LogP contribution in [-0.4, -0.2) is 93.7 Å². The van der Waals surface area contributed by atoms with Crippen molar-refractivity contribution in [3.8, 4) is 0 Å². The van der Waals surface area contributed by atoms with E-state index in [1.807, 2.05) is 13.8 Å². The van der Waals surface area contributed by atoms with Crippen LogP contribution in [0, 0.1) is 0 Å². The van der Waals surface area contributed by atoms with Crippen molar-refractivity contribution in [2.24, 2.45) is 0 Å². The molecule has 218 valence electrons. The number of halogens is 2. The van der Waals surface area contributed by atoms with Crippen LogP contribution in [0.15, 0.2) is 23.3 Å². The Balaban J connectivity index is 0.000000201. The molecule has 15 nitrogen and oxygen atoms in total. The number of aromatic amines is 1. The third-order valence-corrected chi connectivity index (χ3v) is 6.60. The third kappa shape index (κ3) is 6.16. The Morgan fingerprint density at radius 1 is 1.20 bits per heavy atom. The lowest BCUT2D eigenvalue weighted by molar-refractivity contribution is -0.0499. The average Bonchev–Trinajstić information content (AvgIpc) is 3.54. The second kappa shape index (κ2) is 12.7. The van der Waals surface area contributed by atoms with Crippen LogP contribution in [0.1, 0.15) is 20.1 Å². The van der Waals surface area contributed by atoms with Gasteiger partial charge in [-0.2, -0.15) is 4.98 Å². The molecule has 17 heteroatoms. The first-order chi connectivity index (χ1) is 19.0. The van der Waals surface area contributed by atoms with Crippen molar-refractivity contribution in [2.45, 2.75) is 51.2 Å². The maximum atomic E-state index is 11.4. The van der Waals surface area contributed by atoms with Crippen molar-refractivity contribution in [3.05, 3.63) is 38.9 Å². The number of ether oxygens (including phenoxy) is 2. The maximum Gasteiger partial charge on any atom is 0.280 e. The summed E-state index contributed by atoms with van der Waals surface area (Å²) in [6, 6.07) is 3.33.